The quantitative estimate of drug-likeness (QED) is 0.921. The molecule has 104 valence electrons. The van der Waals surface area contributed by atoms with Gasteiger partial charge >= 0.3 is 0 Å². The molecule has 0 unspecified atom stereocenters. The summed E-state index contributed by atoms with van der Waals surface area (Å²) in [6.45, 7) is 2.39. The maximum absolute atomic E-state index is 9.10. The predicted molar refractivity (Wildman–Crippen MR) is 72.7 cm³/mol. The smallest absolute Gasteiger partial charge is 0.231 e. The minimum Gasteiger partial charge on any atom is -0.454 e. The summed E-state index contributed by atoms with van der Waals surface area (Å²) in [5.74, 6) is 1.50. The van der Waals surface area contributed by atoms with Crippen LogP contribution in [-0.4, -0.2) is 36.0 Å². The number of hydrogen-bond acceptors (Lipinski definition) is 4. The van der Waals surface area contributed by atoms with E-state index >= 15 is 0 Å². The van der Waals surface area contributed by atoms with Crippen molar-refractivity contribution >= 4 is 11.6 Å². The van der Waals surface area contributed by atoms with Crippen molar-refractivity contribution in [1.82, 2.24) is 4.90 Å². The summed E-state index contributed by atoms with van der Waals surface area (Å²) in [4.78, 5) is 2.39. The molecule has 2 heterocycles. The summed E-state index contributed by atoms with van der Waals surface area (Å²) >= 11 is 6.30. The first-order valence-electron chi connectivity index (χ1n) is 6.71. The Labute approximate surface area is 117 Å². The van der Waals surface area contributed by atoms with Crippen LogP contribution >= 0.6 is 11.6 Å². The lowest BCUT2D eigenvalue weighted by Gasteiger charge is -2.24. The number of aliphatic hydroxyl groups excluding tert-OH is 1. The Kier molecular flexibility index (Phi) is 3.82. The van der Waals surface area contributed by atoms with Gasteiger partial charge in [-0.25, -0.2) is 0 Å². The molecule has 0 bridgehead atoms. The van der Waals surface area contributed by atoms with Crippen molar-refractivity contribution in [3.63, 3.8) is 0 Å². The fourth-order valence-electron chi connectivity index (χ4n) is 2.88. The van der Waals surface area contributed by atoms with E-state index < -0.39 is 0 Å². The first-order valence-corrected chi connectivity index (χ1v) is 7.08. The van der Waals surface area contributed by atoms with Gasteiger partial charge in [0.15, 0.2) is 11.5 Å². The summed E-state index contributed by atoms with van der Waals surface area (Å²) in [5, 5.41) is 9.82. The topological polar surface area (TPSA) is 41.9 Å². The van der Waals surface area contributed by atoms with E-state index in [-0.39, 0.29) is 13.4 Å². The summed E-state index contributed by atoms with van der Waals surface area (Å²) in [7, 11) is 0. The van der Waals surface area contributed by atoms with E-state index in [0.29, 0.717) is 6.04 Å². The number of hydrogen-bond donors (Lipinski definition) is 1. The highest BCUT2D eigenvalue weighted by atomic mass is 35.5. The Morgan fingerprint density at radius 3 is 2.89 bits per heavy atom. The second-order valence-corrected chi connectivity index (χ2v) is 5.48. The fraction of sp³-hybridized carbons (Fsp3) is 0.571. The summed E-state index contributed by atoms with van der Waals surface area (Å²) < 4.78 is 10.7. The second-order valence-electron chi connectivity index (χ2n) is 5.08. The molecule has 1 aromatic carbocycles. The van der Waals surface area contributed by atoms with Crippen LogP contribution in [0, 0.1) is 0 Å². The number of nitrogens with zero attached hydrogens (tertiary/aromatic N) is 1. The van der Waals surface area contributed by atoms with Gasteiger partial charge in [0.2, 0.25) is 6.79 Å². The zero-order valence-corrected chi connectivity index (χ0v) is 11.5. The Morgan fingerprint density at radius 2 is 2.11 bits per heavy atom. The molecular weight excluding hydrogens is 266 g/mol. The molecule has 2 aliphatic rings. The van der Waals surface area contributed by atoms with Gasteiger partial charge in [-0.1, -0.05) is 11.6 Å². The molecule has 1 aromatic rings. The van der Waals surface area contributed by atoms with Gasteiger partial charge in [-0.3, -0.25) is 4.90 Å². The second kappa shape index (κ2) is 5.57. The molecule has 5 heteroatoms. The highest BCUT2D eigenvalue weighted by Crippen LogP contribution is 2.37. The van der Waals surface area contributed by atoms with E-state index in [2.05, 4.69) is 4.90 Å². The van der Waals surface area contributed by atoms with Crippen molar-refractivity contribution in [2.75, 3.05) is 19.9 Å². The molecule has 1 atom stereocenters. The molecule has 4 nitrogen and oxygen atoms in total. The van der Waals surface area contributed by atoms with Crippen molar-refractivity contribution in [1.29, 1.82) is 0 Å². The van der Waals surface area contributed by atoms with Gasteiger partial charge in [-0.05, 0) is 37.4 Å². The summed E-state index contributed by atoms with van der Waals surface area (Å²) in [5.41, 5.74) is 1.07. The van der Waals surface area contributed by atoms with Crippen LogP contribution in [0.4, 0.5) is 0 Å². The molecule has 0 saturated carbocycles. The maximum atomic E-state index is 9.10. The number of benzene rings is 1. The molecule has 1 saturated heterocycles. The van der Waals surface area contributed by atoms with Gasteiger partial charge in [-0.2, -0.15) is 0 Å². The standard InChI is InChI=1S/C14H18ClNO3/c15-12-7-14-13(18-9-19-14)6-10(12)8-16-4-1-2-11(16)3-5-17/h6-7,11,17H,1-5,8-9H2/t11-/m1/s1. The summed E-state index contributed by atoms with van der Waals surface area (Å²) in [6, 6.07) is 4.27. The number of halogens is 1. The lowest BCUT2D eigenvalue weighted by molar-refractivity contribution is 0.173. The molecule has 3 rings (SSSR count). The van der Waals surface area contributed by atoms with E-state index in [4.69, 9.17) is 26.2 Å². The SMILES string of the molecule is OCC[C@H]1CCCN1Cc1cc2c(cc1Cl)OCO2. The average Bonchev–Trinajstić information content (AvgIpc) is 3.00. The zero-order chi connectivity index (χ0) is 13.2. The van der Waals surface area contributed by atoms with E-state index in [1.54, 1.807) is 0 Å². The van der Waals surface area contributed by atoms with Gasteiger partial charge in [-0.15, -0.1) is 0 Å². The van der Waals surface area contributed by atoms with Gasteiger partial charge in [0.1, 0.15) is 0 Å². The lowest BCUT2D eigenvalue weighted by Crippen LogP contribution is -2.29. The first kappa shape index (κ1) is 13.0. The normalized spacial score (nSPS) is 22.1. The molecule has 0 aliphatic carbocycles. The Morgan fingerprint density at radius 1 is 1.32 bits per heavy atom. The van der Waals surface area contributed by atoms with Crippen LogP contribution in [0.15, 0.2) is 12.1 Å². The lowest BCUT2D eigenvalue weighted by atomic mass is 10.1. The van der Waals surface area contributed by atoms with E-state index in [9.17, 15) is 0 Å². The highest BCUT2D eigenvalue weighted by Gasteiger charge is 2.25. The van der Waals surface area contributed by atoms with Gasteiger partial charge in [0, 0.05) is 30.3 Å². The molecule has 0 radical (unpaired) electrons. The molecule has 2 aliphatic heterocycles. The molecule has 1 N–H and O–H groups in total. The van der Waals surface area contributed by atoms with Crippen molar-refractivity contribution in [3.05, 3.63) is 22.7 Å². The third-order valence-electron chi connectivity index (χ3n) is 3.88. The molecule has 0 spiro atoms. The van der Waals surface area contributed by atoms with E-state index in [1.165, 1.54) is 6.42 Å². The largest absolute Gasteiger partial charge is 0.454 e. The van der Waals surface area contributed by atoms with Crippen molar-refractivity contribution < 1.29 is 14.6 Å². The Hall–Kier alpha value is -0.970. The molecule has 0 amide bonds. The van der Waals surface area contributed by atoms with Crippen molar-refractivity contribution in [3.8, 4) is 11.5 Å². The molecule has 19 heavy (non-hydrogen) atoms. The number of rotatable bonds is 4. The maximum Gasteiger partial charge on any atom is 0.231 e. The Bertz CT molecular complexity index is 466. The Balaban J connectivity index is 1.76. The number of fused-ring (bicyclic) bond motifs is 1. The third-order valence-corrected chi connectivity index (χ3v) is 4.23. The minimum atomic E-state index is 0.246. The van der Waals surface area contributed by atoms with E-state index in [0.717, 1.165) is 48.0 Å². The van der Waals surface area contributed by atoms with E-state index in [1.807, 2.05) is 12.1 Å². The van der Waals surface area contributed by atoms with Gasteiger partial charge in [0.05, 0.1) is 0 Å². The van der Waals surface area contributed by atoms with Crippen LogP contribution in [0.3, 0.4) is 0 Å². The van der Waals surface area contributed by atoms with Crippen molar-refractivity contribution in [2.45, 2.75) is 31.8 Å². The van der Waals surface area contributed by atoms with Crippen LogP contribution in [-0.2, 0) is 6.54 Å². The van der Waals surface area contributed by atoms with Crippen LogP contribution in [0.5, 0.6) is 11.5 Å². The van der Waals surface area contributed by atoms with Gasteiger partial charge in [0.25, 0.3) is 0 Å². The third kappa shape index (κ3) is 2.66. The first-order chi connectivity index (χ1) is 9.28. The molecule has 1 fully saturated rings. The van der Waals surface area contributed by atoms with Crippen LogP contribution < -0.4 is 9.47 Å². The number of aliphatic hydroxyl groups is 1. The van der Waals surface area contributed by atoms with Crippen LogP contribution in [0.25, 0.3) is 0 Å². The van der Waals surface area contributed by atoms with Gasteiger partial charge < -0.3 is 14.6 Å². The van der Waals surface area contributed by atoms with Crippen LogP contribution in [0.2, 0.25) is 5.02 Å². The minimum absolute atomic E-state index is 0.246. The average molecular weight is 284 g/mol. The molecular formula is C14H18ClNO3. The monoisotopic (exact) mass is 283 g/mol. The summed E-state index contributed by atoms with van der Waals surface area (Å²) in [6.07, 6.45) is 3.18. The zero-order valence-electron chi connectivity index (χ0n) is 10.8. The van der Waals surface area contributed by atoms with Crippen molar-refractivity contribution in [2.24, 2.45) is 0 Å². The highest BCUT2D eigenvalue weighted by molar-refractivity contribution is 6.31. The fourth-order valence-corrected chi connectivity index (χ4v) is 3.09. The predicted octanol–water partition coefficient (Wildman–Crippen LogP) is 2.42. The molecule has 0 aromatic heterocycles. The number of ether oxygens (including phenoxy) is 2. The van der Waals surface area contributed by atoms with Crippen LogP contribution in [0.1, 0.15) is 24.8 Å². The number of likely N-dealkylation sites (tertiary alicyclic amines) is 1.